The third-order valence-corrected chi connectivity index (χ3v) is 6.26. The number of thioether (sulfide) groups is 1. The molecule has 1 saturated carbocycles. The summed E-state index contributed by atoms with van der Waals surface area (Å²) >= 11 is 1.76. The summed E-state index contributed by atoms with van der Waals surface area (Å²) in [5, 5.41) is 3.27. The number of nitrogens with one attached hydrogen (secondary N) is 1. The fourth-order valence-electron chi connectivity index (χ4n) is 3.68. The second-order valence-corrected chi connectivity index (χ2v) is 8.42. The van der Waals surface area contributed by atoms with Crippen LogP contribution in [-0.2, 0) is 5.75 Å². The number of ether oxygens (including phenoxy) is 1. The van der Waals surface area contributed by atoms with Gasteiger partial charge >= 0.3 is 0 Å². The van der Waals surface area contributed by atoms with Crippen molar-refractivity contribution in [2.24, 2.45) is 0 Å². The van der Waals surface area contributed by atoms with E-state index < -0.39 is 0 Å². The van der Waals surface area contributed by atoms with Crippen LogP contribution in [0.5, 0.6) is 5.75 Å². The predicted octanol–water partition coefficient (Wildman–Crippen LogP) is 6.22. The van der Waals surface area contributed by atoms with E-state index >= 15 is 0 Å². The van der Waals surface area contributed by atoms with Crippen molar-refractivity contribution >= 4 is 17.7 Å². The molecule has 1 amide bonds. The van der Waals surface area contributed by atoms with Crippen LogP contribution in [-0.4, -0.2) is 18.6 Å². The second-order valence-electron chi connectivity index (χ2n) is 7.37. The van der Waals surface area contributed by atoms with E-state index in [1.54, 1.807) is 11.8 Å². The van der Waals surface area contributed by atoms with Crippen LogP contribution in [0.25, 0.3) is 0 Å². The summed E-state index contributed by atoms with van der Waals surface area (Å²) in [5.41, 5.74) is 1.80. The zero-order valence-electron chi connectivity index (χ0n) is 16.8. The molecule has 0 aliphatic heterocycles. The van der Waals surface area contributed by atoms with Gasteiger partial charge in [0.25, 0.3) is 5.91 Å². The SMILES string of the molecule is CCOc1ccc(C(=O)NC2CCCCCCC2)cc1CSc1ccccc1. The predicted molar refractivity (Wildman–Crippen MR) is 117 cm³/mol. The summed E-state index contributed by atoms with van der Waals surface area (Å²) in [6, 6.07) is 16.5. The summed E-state index contributed by atoms with van der Waals surface area (Å²) in [5.74, 6) is 1.69. The van der Waals surface area contributed by atoms with Crippen molar-refractivity contribution in [2.45, 2.75) is 68.6 Å². The van der Waals surface area contributed by atoms with Crippen LogP contribution in [0.1, 0.15) is 67.8 Å². The van der Waals surface area contributed by atoms with E-state index in [2.05, 4.69) is 17.4 Å². The lowest BCUT2D eigenvalue weighted by molar-refractivity contribution is 0.0930. The van der Waals surface area contributed by atoms with Crippen LogP contribution in [0.15, 0.2) is 53.4 Å². The molecule has 3 rings (SSSR count). The normalized spacial score (nSPS) is 15.5. The first-order valence-electron chi connectivity index (χ1n) is 10.5. The highest BCUT2D eigenvalue weighted by Crippen LogP contribution is 2.29. The highest BCUT2D eigenvalue weighted by Gasteiger charge is 2.16. The Labute approximate surface area is 173 Å². The molecule has 0 heterocycles. The molecule has 2 aromatic carbocycles. The molecule has 1 aliphatic rings. The Morgan fingerprint density at radius 3 is 2.46 bits per heavy atom. The van der Waals surface area contributed by atoms with Crippen molar-refractivity contribution in [3.05, 3.63) is 59.7 Å². The zero-order valence-corrected chi connectivity index (χ0v) is 17.6. The highest BCUT2D eigenvalue weighted by atomic mass is 32.2. The first-order valence-corrected chi connectivity index (χ1v) is 11.5. The lowest BCUT2D eigenvalue weighted by atomic mass is 9.96. The number of hydrogen-bond donors (Lipinski definition) is 1. The maximum atomic E-state index is 12.8. The first kappa shape index (κ1) is 20.8. The third-order valence-electron chi connectivity index (χ3n) is 5.20. The van der Waals surface area contributed by atoms with Gasteiger partial charge < -0.3 is 10.1 Å². The first-order chi connectivity index (χ1) is 13.8. The van der Waals surface area contributed by atoms with E-state index in [9.17, 15) is 4.79 Å². The van der Waals surface area contributed by atoms with E-state index in [0.717, 1.165) is 35.5 Å². The minimum Gasteiger partial charge on any atom is -0.494 e. The topological polar surface area (TPSA) is 38.3 Å². The van der Waals surface area contributed by atoms with Gasteiger partial charge in [-0.05, 0) is 50.1 Å². The van der Waals surface area contributed by atoms with Crippen LogP contribution < -0.4 is 10.1 Å². The number of rotatable bonds is 7. The van der Waals surface area contributed by atoms with Crippen molar-refractivity contribution < 1.29 is 9.53 Å². The van der Waals surface area contributed by atoms with Crippen molar-refractivity contribution in [1.29, 1.82) is 0 Å². The molecule has 0 radical (unpaired) electrons. The molecule has 0 bridgehead atoms. The Bertz CT molecular complexity index is 740. The molecular formula is C24H31NO2S. The molecule has 0 spiro atoms. The van der Waals surface area contributed by atoms with Crippen LogP contribution in [0.4, 0.5) is 0 Å². The fraction of sp³-hybridized carbons (Fsp3) is 0.458. The summed E-state index contributed by atoms with van der Waals surface area (Å²) in [6.07, 6.45) is 8.54. The van der Waals surface area contributed by atoms with E-state index in [0.29, 0.717) is 12.6 Å². The molecule has 1 N–H and O–H groups in total. The average Bonchev–Trinajstić information content (AvgIpc) is 2.70. The molecule has 1 fully saturated rings. The van der Waals surface area contributed by atoms with Crippen LogP contribution in [0.3, 0.4) is 0 Å². The maximum absolute atomic E-state index is 12.8. The van der Waals surface area contributed by atoms with Crippen LogP contribution >= 0.6 is 11.8 Å². The molecule has 0 unspecified atom stereocenters. The minimum absolute atomic E-state index is 0.0413. The third kappa shape index (κ3) is 6.30. The molecule has 1 aliphatic carbocycles. The standard InChI is InChI=1S/C24H31NO2S/c1-2-27-23-16-15-19(17-20(23)18-28-22-13-9-6-10-14-22)24(26)25-21-11-7-4-3-5-8-12-21/h6,9-10,13-17,21H,2-5,7-8,11-12,18H2,1H3,(H,25,26). The average molecular weight is 398 g/mol. The fourth-order valence-corrected chi connectivity index (χ4v) is 4.57. The minimum atomic E-state index is 0.0413. The quantitative estimate of drug-likeness (QED) is 0.564. The summed E-state index contributed by atoms with van der Waals surface area (Å²) < 4.78 is 5.80. The Hall–Kier alpha value is -1.94. The molecule has 0 atom stereocenters. The number of carbonyl (C=O) groups is 1. The van der Waals surface area contributed by atoms with Gasteiger partial charge in [-0.3, -0.25) is 4.79 Å². The van der Waals surface area contributed by atoms with Crippen molar-refractivity contribution in [3.8, 4) is 5.75 Å². The molecule has 150 valence electrons. The lowest BCUT2D eigenvalue weighted by Gasteiger charge is -2.21. The number of carbonyl (C=O) groups excluding carboxylic acids is 1. The van der Waals surface area contributed by atoms with Gasteiger partial charge in [0, 0.05) is 27.8 Å². The van der Waals surface area contributed by atoms with E-state index in [-0.39, 0.29) is 5.91 Å². The number of amides is 1. The lowest BCUT2D eigenvalue weighted by Crippen LogP contribution is -2.35. The summed E-state index contributed by atoms with van der Waals surface area (Å²) in [4.78, 5) is 14.1. The van der Waals surface area contributed by atoms with Gasteiger partial charge in [0.2, 0.25) is 0 Å². The van der Waals surface area contributed by atoms with Gasteiger partial charge in [0.05, 0.1) is 6.61 Å². The van der Waals surface area contributed by atoms with Gasteiger partial charge in [-0.2, -0.15) is 0 Å². The van der Waals surface area contributed by atoms with Gasteiger partial charge in [0.15, 0.2) is 0 Å². The highest BCUT2D eigenvalue weighted by molar-refractivity contribution is 7.98. The molecule has 2 aromatic rings. The Morgan fingerprint density at radius 2 is 1.75 bits per heavy atom. The summed E-state index contributed by atoms with van der Waals surface area (Å²) in [7, 11) is 0. The largest absolute Gasteiger partial charge is 0.494 e. The molecule has 4 heteroatoms. The molecule has 28 heavy (non-hydrogen) atoms. The maximum Gasteiger partial charge on any atom is 0.251 e. The number of benzene rings is 2. The van der Waals surface area contributed by atoms with Gasteiger partial charge in [-0.1, -0.05) is 50.3 Å². The molecule has 0 aromatic heterocycles. The smallest absolute Gasteiger partial charge is 0.251 e. The molecular weight excluding hydrogens is 366 g/mol. The number of hydrogen-bond acceptors (Lipinski definition) is 3. The van der Waals surface area contributed by atoms with E-state index in [1.807, 2.05) is 43.3 Å². The Kier molecular flexibility index (Phi) is 8.28. The van der Waals surface area contributed by atoms with Crippen molar-refractivity contribution in [1.82, 2.24) is 5.32 Å². The monoisotopic (exact) mass is 397 g/mol. The van der Waals surface area contributed by atoms with E-state index in [1.165, 1.54) is 37.0 Å². The van der Waals surface area contributed by atoms with Gasteiger partial charge in [-0.15, -0.1) is 11.8 Å². The van der Waals surface area contributed by atoms with Gasteiger partial charge in [0.1, 0.15) is 5.75 Å². The second kappa shape index (κ2) is 11.2. The van der Waals surface area contributed by atoms with Crippen LogP contribution in [0, 0.1) is 0 Å². The zero-order chi connectivity index (χ0) is 19.6. The summed E-state index contributed by atoms with van der Waals surface area (Å²) in [6.45, 7) is 2.61. The Balaban J connectivity index is 1.68. The molecule has 0 saturated heterocycles. The van der Waals surface area contributed by atoms with Crippen molar-refractivity contribution in [3.63, 3.8) is 0 Å². The molecule has 3 nitrogen and oxygen atoms in total. The van der Waals surface area contributed by atoms with Gasteiger partial charge in [-0.25, -0.2) is 0 Å². The Morgan fingerprint density at radius 1 is 1.04 bits per heavy atom. The van der Waals surface area contributed by atoms with Crippen molar-refractivity contribution in [2.75, 3.05) is 6.61 Å². The van der Waals surface area contributed by atoms with E-state index in [4.69, 9.17) is 4.74 Å². The van der Waals surface area contributed by atoms with Crippen LogP contribution in [0.2, 0.25) is 0 Å².